The summed E-state index contributed by atoms with van der Waals surface area (Å²) in [4.78, 5) is 0.278. The standard InChI is InChI=1S/C15H20N2O3S/c16-10-9-13-5-7-15(8-6-13)21(19,20)17-11-1-3-14(17)4-2-12-18/h5-8,14,18H,1-4,9,11-12H2. The van der Waals surface area contributed by atoms with Crippen LogP contribution in [0.2, 0.25) is 0 Å². The van der Waals surface area contributed by atoms with Crippen LogP contribution in [0.15, 0.2) is 29.2 Å². The minimum absolute atomic E-state index is 0.0130. The van der Waals surface area contributed by atoms with Crippen molar-refractivity contribution >= 4 is 10.0 Å². The van der Waals surface area contributed by atoms with Crippen LogP contribution >= 0.6 is 0 Å². The molecule has 114 valence electrons. The number of rotatable bonds is 6. The molecule has 1 heterocycles. The first-order valence-corrected chi connectivity index (χ1v) is 8.62. The van der Waals surface area contributed by atoms with Crippen LogP contribution in [0.3, 0.4) is 0 Å². The number of benzene rings is 1. The molecular weight excluding hydrogens is 288 g/mol. The van der Waals surface area contributed by atoms with Crippen molar-refractivity contribution in [3.05, 3.63) is 29.8 Å². The molecule has 21 heavy (non-hydrogen) atoms. The van der Waals surface area contributed by atoms with E-state index in [9.17, 15) is 8.42 Å². The summed E-state index contributed by atoms with van der Waals surface area (Å²) in [6.07, 6.45) is 3.32. The molecule has 1 aromatic rings. The number of aliphatic hydroxyl groups excluding tert-OH is 1. The fourth-order valence-electron chi connectivity index (χ4n) is 2.75. The van der Waals surface area contributed by atoms with Gasteiger partial charge in [0, 0.05) is 19.2 Å². The molecule has 1 atom stereocenters. The van der Waals surface area contributed by atoms with E-state index in [1.807, 2.05) is 6.07 Å². The van der Waals surface area contributed by atoms with Crippen molar-refractivity contribution in [2.24, 2.45) is 0 Å². The molecule has 0 amide bonds. The van der Waals surface area contributed by atoms with Gasteiger partial charge < -0.3 is 5.11 Å². The van der Waals surface area contributed by atoms with Crippen LogP contribution in [-0.4, -0.2) is 37.0 Å². The van der Waals surface area contributed by atoms with Crippen molar-refractivity contribution in [3.63, 3.8) is 0 Å². The Hall–Kier alpha value is -1.42. The second-order valence-electron chi connectivity index (χ2n) is 5.26. The molecule has 0 spiro atoms. The van der Waals surface area contributed by atoms with E-state index >= 15 is 0 Å². The Bertz CT molecular complexity index is 605. The summed E-state index contributed by atoms with van der Waals surface area (Å²) < 4.78 is 26.9. The van der Waals surface area contributed by atoms with E-state index in [0.717, 1.165) is 18.4 Å². The highest BCUT2D eigenvalue weighted by Gasteiger charge is 2.34. The molecule has 5 nitrogen and oxygen atoms in total. The van der Waals surface area contributed by atoms with Crippen molar-refractivity contribution in [2.75, 3.05) is 13.2 Å². The third kappa shape index (κ3) is 3.62. The van der Waals surface area contributed by atoms with Crippen LogP contribution in [0.5, 0.6) is 0 Å². The van der Waals surface area contributed by atoms with E-state index in [2.05, 4.69) is 0 Å². The number of hydrogen-bond acceptors (Lipinski definition) is 4. The minimum atomic E-state index is -3.48. The maximum atomic E-state index is 12.7. The van der Waals surface area contributed by atoms with Gasteiger partial charge in [0.2, 0.25) is 10.0 Å². The van der Waals surface area contributed by atoms with Crippen LogP contribution in [0, 0.1) is 11.3 Å². The Morgan fingerprint density at radius 1 is 1.33 bits per heavy atom. The second-order valence-corrected chi connectivity index (χ2v) is 7.15. The summed E-state index contributed by atoms with van der Waals surface area (Å²) in [7, 11) is -3.48. The van der Waals surface area contributed by atoms with E-state index in [-0.39, 0.29) is 24.0 Å². The topological polar surface area (TPSA) is 81.4 Å². The van der Waals surface area contributed by atoms with Crippen LogP contribution in [-0.2, 0) is 16.4 Å². The Kier molecular flexibility index (Phi) is 5.34. The van der Waals surface area contributed by atoms with Crippen molar-refractivity contribution < 1.29 is 13.5 Å². The summed E-state index contributed by atoms with van der Waals surface area (Å²) in [6.45, 7) is 0.631. The lowest BCUT2D eigenvalue weighted by molar-refractivity contribution is 0.264. The Morgan fingerprint density at radius 2 is 2.05 bits per heavy atom. The van der Waals surface area contributed by atoms with Crippen LogP contribution in [0.1, 0.15) is 31.2 Å². The summed E-state index contributed by atoms with van der Waals surface area (Å²) in [6, 6.07) is 8.56. The maximum absolute atomic E-state index is 12.7. The van der Waals surface area contributed by atoms with Crippen molar-refractivity contribution in [3.8, 4) is 6.07 Å². The van der Waals surface area contributed by atoms with Crippen LogP contribution in [0.25, 0.3) is 0 Å². The smallest absolute Gasteiger partial charge is 0.243 e. The molecule has 0 aromatic heterocycles. The summed E-state index contributed by atoms with van der Waals surface area (Å²) in [5, 5.41) is 17.6. The lowest BCUT2D eigenvalue weighted by Crippen LogP contribution is -2.35. The highest BCUT2D eigenvalue weighted by molar-refractivity contribution is 7.89. The molecule has 1 aliphatic rings. The van der Waals surface area contributed by atoms with Gasteiger partial charge in [-0.1, -0.05) is 12.1 Å². The van der Waals surface area contributed by atoms with Gasteiger partial charge in [-0.15, -0.1) is 0 Å². The third-order valence-corrected chi connectivity index (χ3v) is 5.80. The van der Waals surface area contributed by atoms with Gasteiger partial charge in [-0.05, 0) is 43.4 Å². The number of hydrogen-bond donors (Lipinski definition) is 1. The molecule has 1 aromatic carbocycles. The number of nitrogens with zero attached hydrogens (tertiary/aromatic N) is 2. The van der Waals surface area contributed by atoms with Gasteiger partial charge in [-0.3, -0.25) is 0 Å². The van der Waals surface area contributed by atoms with Crippen molar-refractivity contribution in [1.82, 2.24) is 4.31 Å². The molecule has 0 aliphatic carbocycles. The average Bonchev–Trinajstić information content (AvgIpc) is 2.95. The average molecular weight is 308 g/mol. The monoisotopic (exact) mass is 308 g/mol. The van der Waals surface area contributed by atoms with Crippen LogP contribution < -0.4 is 0 Å². The summed E-state index contributed by atoms with van der Waals surface area (Å²) in [5.41, 5.74) is 0.815. The first-order chi connectivity index (χ1) is 10.1. The molecule has 1 unspecified atom stereocenters. The van der Waals surface area contributed by atoms with Gasteiger partial charge in [0.1, 0.15) is 0 Å². The number of nitriles is 1. The Labute approximate surface area is 125 Å². The zero-order valence-electron chi connectivity index (χ0n) is 11.9. The predicted octanol–water partition coefficient (Wildman–Crippen LogP) is 1.68. The molecule has 0 bridgehead atoms. The van der Waals surface area contributed by atoms with Crippen molar-refractivity contribution in [1.29, 1.82) is 5.26 Å². The first-order valence-electron chi connectivity index (χ1n) is 7.18. The van der Waals surface area contributed by atoms with Gasteiger partial charge in [0.25, 0.3) is 0 Å². The minimum Gasteiger partial charge on any atom is -0.396 e. The molecule has 1 N–H and O–H groups in total. The fourth-order valence-corrected chi connectivity index (χ4v) is 4.47. The normalized spacial score (nSPS) is 19.5. The molecule has 6 heteroatoms. The van der Waals surface area contributed by atoms with Crippen LogP contribution in [0.4, 0.5) is 0 Å². The van der Waals surface area contributed by atoms with Gasteiger partial charge in [-0.2, -0.15) is 9.57 Å². The van der Waals surface area contributed by atoms with E-state index < -0.39 is 10.0 Å². The Morgan fingerprint density at radius 3 is 2.67 bits per heavy atom. The molecule has 0 radical (unpaired) electrons. The highest BCUT2D eigenvalue weighted by atomic mass is 32.2. The quantitative estimate of drug-likeness (QED) is 0.867. The van der Waals surface area contributed by atoms with E-state index in [4.69, 9.17) is 10.4 Å². The number of aliphatic hydroxyl groups is 1. The number of sulfonamides is 1. The SMILES string of the molecule is N#CCc1ccc(S(=O)(=O)N2CCCC2CCCO)cc1. The molecule has 1 aliphatic heterocycles. The first kappa shape index (κ1) is 16.0. The molecule has 1 fully saturated rings. The maximum Gasteiger partial charge on any atom is 0.243 e. The lowest BCUT2D eigenvalue weighted by Gasteiger charge is -2.24. The summed E-state index contributed by atoms with van der Waals surface area (Å²) in [5.74, 6) is 0. The van der Waals surface area contributed by atoms with Gasteiger partial charge in [0.15, 0.2) is 0 Å². The second kappa shape index (κ2) is 7.03. The van der Waals surface area contributed by atoms with E-state index in [1.54, 1.807) is 28.6 Å². The lowest BCUT2D eigenvalue weighted by atomic mass is 10.1. The molecule has 1 saturated heterocycles. The van der Waals surface area contributed by atoms with E-state index in [1.165, 1.54) is 0 Å². The van der Waals surface area contributed by atoms with Gasteiger partial charge in [-0.25, -0.2) is 8.42 Å². The van der Waals surface area contributed by atoms with E-state index in [0.29, 0.717) is 19.4 Å². The zero-order valence-corrected chi connectivity index (χ0v) is 12.7. The zero-order chi connectivity index (χ0) is 15.3. The fraction of sp³-hybridized carbons (Fsp3) is 0.533. The largest absolute Gasteiger partial charge is 0.396 e. The van der Waals surface area contributed by atoms with Crippen molar-refractivity contribution in [2.45, 2.75) is 43.0 Å². The van der Waals surface area contributed by atoms with Gasteiger partial charge >= 0.3 is 0 Å². The Balaban J connectivity index is 2.18. The highest BCUT2D eigenvalue weighted by Crippen LogP contribution is 2.28. The third-order valence-electron chi connectivity index (χ3n) is 3.83. The predicted molar refractivity (Wildman–Crippen MR) is 79.0 cm³/mol. The molecular formula is C15H20N2O3S. The molecule has 0 saturated carbocycles. The van der Waals surface area contributed by atoms with Gasteiger partial charge in [0.05, 0.1) is 17.4 Å². The summed E-state index contributed by atoms with van der Waals surface area (Å²) >= 11 is 0. The molecule has 2 rings (SSSR count).